The van der Waals surface area contributed by atoms with E-state index in [2.05, 4.69) is 42.0 Å². The number of amides is 5. The van der Waals surface area contributed by atoms with Crippen molar-refractivity contribution in [2.75, 3.05) is 0 Å². The van der Waals surface area contributed by atoms with Gasteiger partial charge in [-0.05, 0) is 15.9 Å². The van der Waals surface area contributed by atoms with Crippen molar-refractivity contribution in [3.63, 3.8) is 0 Å². The molecule has 1 atom stereocenters. The van der Waals surface area contributed by atoms with E-state index in [0.29, 0.717) is 4.42 Å². The Hall–Kier alpha value is -1.18. The van der Waals surface area contributed by atoms with Gasteiger partial charge >= 0.3 is 18.0 Å². The SMILES string of the molecule is [C-]#[N+]N1C(=O)C2=NC(=O)N(Br)C2(Br)N(Cl)C1=O. The molecule has 11 heteroatoms. The van der Waals surface area contributed by atoms with Gasteiger partial charge in [-0.1, -0.05) is 0 Å². The van der Waals surface area contributed by atoms with E-state index in [4.69, 9.17) is 18.3 Å². The molecule has 2 rings (SSSR count). The van der Waals surface area contributed by atoms with Crippen LogP contribution in [-0.2, 0) is 4.79 Å². The lowest BCUT2D eigenvalue weighted by Crippen LogP contribution is -2.64. The summed E-state index contributed by atoms with van der Waals surface area (Å²) in [6.07, 6.45) is 0. The molecule has 0 spiro atoms. The molecule has 0 saturated carbocycles. The number of carbonyl (C=O) groups excluding carboxylic acids is 3. The number of hydrogen-bond donors (Lipinski definition) is 0. The molecule has 0 bridgehead atoms. The van der Waals surface area contributed by atoms with Crippen LogP contribution in [-0.4, -0.2) is 41.6 Å². The Balaban J connectivity index is 2.62. The quantitative estimate of drug-likeness (QED) is 0.274. The van der Waals surface area contributed by atoms with E-state index >= 15 is 0 Å². The minimum atomic E-state index is -1.72. The van der Waals surface area contributed by atoms with Gasteiger partial charge in [0.15, 0.2) is 5.71 Å². The first-order valence-corrected chi connectivity index (χ1v) is 5.69. The maximum atomic E-state index is 11.7. The van der Waals surface area contributed by atoms with E-state index in [1.54, 1.807) is 0 Å². The predicted octanol–water partition coefficient (Wildman–Crippen LogP) is 1.47. The van der Waals surface area contributed by atoms with Crippen LogP contribution in [0.3, 0.4) is 0 Å². The minimum Gasteiger partial charge on any atom is -0.260 e. The smallest absolute Gasteiger partial charge is 0.260 e. The summed E-state index contributed by atoms with van der Waals surface area (Å²) >= 11 is 11.5. The number of alkyl halides is 1. The summed E-state index contributed by atoms with van der Waals surface area (Å²) in [6.45, 7) is 6.71. The third kappa shape index (κ3) is 1.33. The van der Waals surface area contributed by atoms with Gasteiger partial charge in [0.05, 0.1) is 21.2 Å². The number of hydrogen-bond acceptors (Lipinski definition) is 3. The van der Waals surface area contributed by atoms with Crippen molar-refractivity contribution in [1.29, 1.82) is 0 Å². The fourth-order valence-corrected chi connectivity index (χ4v) is 2.56. The van der Waals surface area contributed by atoms with Crippen LogP contribution >= 0.6 is 43.9 Å². The van der Waals surface area contributed by atoms with Crippen LogP contribution in [0.1, 0.15) is 0 Å². The topological polar surface area (TPSA) is 77.7 Å². The van der Waals surface area contributed by atoms with Crippen LogP contribution in [0, 0.1) is 6.57 Å². The van der Waals surface area contributed by atoms with Gasteiger partial charge in [-0.15, -0.1) is 4.95 Å². The summed E-state index contributed by atoms with van der Waals surface area (Å²) in [7, 11) is 0. The van der Waals surface area contributed by atoms with E-state index in [9.17, 15) is 14.4 Å². The van der Waals surface area contributed by atoms with Crippen LogP contribution in [0.25, 0.3) is 4.95 Å². The Labute approximate surface area is 116 Å². The zero-order valence-corrected chi connectivity index (χ0v) is 11.5. The first kappa shape index (κ1) is 12.3. The van der Waals surface area contributed by atoms with Crippen molar-refractivity contribution in [2.45, 2.75) is 4.57 Å². The molecular formula is C6Br2ClN5O3. The number of carbonyl (C=O) groups is 3. The van der Waals surface area contributed by atoms with E-state index in [-0.39, 0.29) is 10.7 Å². The molecule has 1 saturated heterocycles. The largest absolute Gasteiger partial charge is 0.413 e. The molecule has 2 heterocycles. The van der Waals surface area contributed by atoms with Crippen molar-refractivity contribution < 1.29 is 14.4 Å². The Kier molecular flexibility index (Phi) is 2.64. The average molecular weight is 385 g/mol. The molecule has 0 aromatic heterocycles. The van der Waals surface area contributed by atoms with Gasteiger partial charge in [0.2, 0.25) is 0 Å². The number of rotatable bonds is 0. The lowest BCUT2D eigenvalue weighted by atomic mass is 10.2. The first-order chi connectivity index (χ1) is 7.85. The van der Waals surface area contributed by atoms with Crippen LogP contribution < -0.4 is 0 Å². The number of fused-ring (bicyclic) bond motifs is 1. The van der Waals surface area contributed by atoms with Gasteiger partial charge < -0.3 is 0 Å². The third-order valence-electron chi connectivity index (χ3n) is 2.04. The minimum absolute atomic E-state index is 0.185. The van der Waals surface area contributed by atoms with Crippen molar-refractivity contribution in [2.24, 2.45) is 4.99 Å². The van der Waals surface area contributed by atoms with Gasteiger partial charge in [0.1, 0.15) is 0 Å². The molecule has 2 aliphatic heterocycles. The van der Waals surface area contributed by atoms with Gasteiger partial charge in [-0.2, -0.15) is 16.0 Å². The van der Waals surface area contributed by atoms with Crippen molar-refractivity contribution in [3.8, 4) is 0 Å². The Morgan fingerprint density at radius 2 is 2.00 bits per heavy atom. The predicted molar refractivity (Wildman–Crippen MR) is 61.8 cm³/mol. The van der Waals surface area contributed by atoms with Gasteiger partial charge in [-0.25, -0.2) is 13.5 Å². The second-order valence-electron chi connectivity index (χ2n) is 2.89. The van der Waals surface area contributed by atoms with E-state index in [0.717, 1.165) is 3.93 Å². The van der Waals surface area contributed by atoms with Crippen molar-refractivity contribution in [3.05, 3.63) is 11.5 Å². The van der Waals surface area contributed by atoms with Gasteiger partial charge in [0, 0.05) is 11.8 Å². The molecule has 0 aromatic carbocycles. The second kappa shape index (κ2) is 3.66. The number of urea groups is 2. The molecule has 0 N–H and O–H groups in total. The van der Waals surface area contributed by atoms with Crippen molar-refractivity contribution in [1.82, 2.24) is 13.4 Å². The fourth-order valence-electron chi connectivity index (χ4n) is 1.27. The Morgan fingerprint density at radius 3 is 2.53 bits per heavy atom. The Morgan fingerprint density at radius 1 is 1.41 bits per heavy atom. The fraction of sp³-hybridized carbons (Fsp3) is 0.167. The Bertz CT molecular complexity index is 530. The van der Waals surface area contributed by atoms with Crippen molar-refractivity contribution >= 4 is 67.5 Å². The van der Waals surface area contributed by atoms with Gasteiger partial charge in [0.25, 0.3) is 4.57 Å². The summed E-state index contributed by atoms with van der Waals surface area (Å²) in [5.74, 6) is -1.01. The maximum absolute atomic E-state index is 11.7. The number of nitrogens with zero attached hydrogens (tertiary/aromatic N) is 5. The zero-order chi connectivity index (χ0) is 13.0. The zero-order valence-electron chi connectivity index (χ0n) is 7.59. The van der Waals surface area contributed by atoms with E-state index < -0.39 is 22.5 Å². The maximum Gasteiger partial charge on any atom is 0.413 e. The highest BCUT2D eigenvalue weighted by Gasteiger charge is 2.64. The van der Waals surface area contributed by atoms with E-state index in [1.807, 2.05) is 0 Å². The highest BCUT2D eigenvalue weighted by Crippen LogP contribution is 2.42. The third-order valence-corrected chi connectivity index (χ3v) is 5.01. The molecule has 17 heavy (non-hydrogen) atoms. The molecule has 0 aromatic rings. The lowest BCUT2D eigenvalue weighted by Gasteiger charge is -2.36. The van der Waals surface area contributed by atoms with Crippen LogP contribution in [0.5, 0.6) is 0 Å². The highest BCUT2D eigenvalue weighted by molar-refractivity contribution is 9.12. The molecule has 0 radical (unpaired) electrons. The molecule has 0 aliphatic carbocycles. The molecule has 1 fully saturated rings. The summed E-state index contributed by atoms with van der Waals surface area (Å²) in [5.41, 5.74) is -0.370. The summed E-state index contributed by atoms with van der Waals surface area (Å²) in [5, 5.41) is 0.185. The molecule has 2 aliphatic rings. The summed E-state index contributed by atoms with van der Waals surface area (Å²) in [6, 6.07) is -1.91. The molecular weight excluding hydrogens is 385 g/mol. The van der Waals surface area contributed by atoms with Crippen LogP contribution in [0.15, 0.2) is 4.99 Å². The summed E-state index contributed by atoms with van der Waals surface area (Å²) < 4.78 is -0.439. The van der Waals surface area contributed by atoms with E-state index in [1.165, 1.54) is 0 Å². The second-order valence-corrected chi connectivity index (χ2v) is 5.04. The molecule has 8 nitrogen and oxygen atoms in total. The molecule has 88 valence electrons. The molecule has 5 amide bonds. The number of halogens is 3. The number of imide groups is 1. The summed E-state index contributed by atoms with van der Waals surface area (Å²) in [4.78, 5) is 40.8. The first-order valence-electron chi connectivity index (χ1n) is 3.85. The standard InChI is InChI=1S/C6Br2ClN5O3/c1-10-12-3(15)2-6(7,14(9)5(12)17)13(8)4(16)11-2. The number of aliphatic imine (C=N–C) groups is 1. The van der Waals surface area contributed by atoms with Crippen LogP contribution in [0.2, 0.25) is 0 Å². The highest BCUT2D eigenvalue weighted by atomic mass is 79.9. The monoisotopic (exact) mass is 383 g/mol. The molecule has 1 unspecified atom stereocenters. The van der Waals surface area contributed by atoms with Gasteiger partial charge in [-0.3, -0.25) is 4.79 Å². The normalized spacial score (nSPS) is 28.2. The average Bonchev–Trinajstić information content (AvgIpc) is 2.53. The van der Waals surface area contributed by atoms with Crippen LogP contribution in [0.4, 0.5) is 9.59 Å². The lowest BCUT2D eigenvalue weighted by molar-refractivity contribution is -0.121.